The highest BCUT2D eigenvalue weighted by atomic mass is 15.1. The topological polar surface area (TPSA) is 46.5 Å². The van der Waals surface area contributed by atoms with Gasteiger partial charge in [-0.15, -0.1) is 0 Å². The molecule has 4 heteroatoms. The lowest BCUT2D eigenvalue weighted by atomic mass is 10.1. The summed E-state index contributed by atoms with van der Waals surface area (Å²) < 4.78 is 2.18. The van der Waals surface area contributed by atoms with Crippen LogP contribution in [0, 0.1) is 13.8 Å². The quantitative estimate of drug-likeness (QED) is 0.826. The number of rotatable bonds is 4. The smallest absolute Gasteiger partial charge is 0.0948 e. The van der Waals surface area contributed by atoms with Crippen LogP contribution in [0.15, 0.2) is 18.7 Å². The molecule has 0 atom stereocenters. The van der Waals surface area contributed by atoms with Gasteiger partial charge in [-0.25, -0.2) is 4.98 Å². The Labute approximate surface area is 89.3 Å². The lowest BCUT2D eigenvalue weighted by Gasteiger charge is -2.04. The number of nitrogens with one attached hydrogen (secondary N) is 1. The fourth-order valence-corrected chi connectivity index (χ4v) is 1.69. The Balaban J connectivity index is 1.86. The Morgan fingerprint density at radius 1 is 1.33 bits per heavy atom. The first-order valence-corrected chi connectivity index (χ1v) is 5.23. The normalized spacial score (nSPS) is 10.8. The van der Waals surface area contributed by atoms with Crippen LogP contribution in [0.25, 0.3) is 0 Å². The monoisotopic (exact) mass is 204 g/mol. The molecule has 4 nitrogen and oxygen atoms in total. The standard InChI is InChI=1S/C11H16N4/c1-9-6-12-8-15(9)5-3-4-11-7-13-14-10(11)2/h6-8H,3-5H2,1-2H3,(H,13,14). The molecule has 0 amide bonds. The summed E-state index contributed by atoms with van der Waals surface area (Å²) in [7, 11) is 0. The second-order valence-corrected chi connectivity index (χ2v) is 3.85. The summed E-state index contributed by atoms with van der Waals surface area (Å²) in [6, 6.07) is 0. The number of imidazole rings is 1. The number of H-pyrrole nitrogens is 1. The van der Waals surface area contributed by atoms with Crippen LogP contribution in [0.3, 0.4) is 0 Å². The summed E-state index contributed by atoms with van der Waals surface area (Å²) in [5.41, 5.74) is 3.71. The molecule has 0 spiro atoms. The zero-order valence-electron chi connectivity index (χ0n) is 9.20. The average Bonchev–Trinajstić information content (AvgIpc) is 2.78. The van der Waals surface area contributed by atoms with Crippen LogP contribution >= 0.6 is 0 Å². The molecule has 1 N–H and O–H groups in total. The van der Waals surface area contributed by atoms with Crippen molar-refractivity contribution >= 4 is 0 Å². The molecule has 2 aromatic heterocycles. The third-order valence-corrected chi connectivity index (χ3v) is 2.70. The van der Waals surface area contributed by atoms with Crippen LogP contribution in [0.2, 0.25) is 0 Å². The maximum absolute atomic E-state index is 4.10. The average molecular weight is 204 g/mol. The molecule has 2 heterocycles. The van der Waals surface area contributed by atoms with E-state index in [0.717, 1.165) is 19.4 Å². The van der Waals surface area contributed by atoms with Gasteiger partial charge in [0, 0.05) is 24.1 Å². The van der Waals surface area contributed by atoms with Gasteiger partial charge in [0.2, 0.25) is 0 Å². The molecule has 0 aliphatic heterocycles. The molecule has 0 aromatic carbocycles. The second kappa shape index (κ2) is 4.29. The Morgan fingerprint density at radius 2 is 2.20 bits per heavy atom. The van der Waals surface area contributed by atoms with Gasteiger partial charge in [-0.3, -0.25) is 5.10 Å². The Kier molecular flexibility index (Phi) is 2.85. The number of hydrogen-bond donors (Lipinski definition) is 1. The van der Waals surface area contributed by atoms with E-state index in [1.807, 2.05) is 18.7 Å². The molecule has 0 unspecified atom stereocenters. The van der Waals surface area contributed by atoms with Gasteiger partial charge in [0.1, 0.15) is 0 Å². The van der Waals surface area contributed by atoms with Gasteiger partial charge in [-0.05, 0) is 32.3 Å². The summed E-state index contributed by atoms with van der Waals surface area (Å²) in [6.07, 6.45) is 7.88. The zero-order valence-corrected chi connectivity index (χ0v) is 9.20. The summed E-state index contributed by atoms with van der Waals surface area (Å²) in [5.74, 6) is 0. The second-order valence-electron chi connectivity index (χ2n) is 3.85. The van der Waals surface area contributed by atoms with Crippen molar-refractivity contribution in [3.63, 3.8) is 0 Å². The first kappa shape index (κ1) is 9.96. The molecule has 80 valence electrons. The van der Waals surface area contributed by atoms with E-state index in [2.05, 4.69) is 33.6 Å². The fraction of sp³-hybridized carbons (Fsp3) is 0.455. The van der Waals surface area contributed by atoms with Crippen LogP contribution in [0.4, 0.5) is 0 Å². The Morgan fingerprint density at radius 3 is 2.80 bits per heavy atom. The maximum Gasteiger partial charge on any atom is 0.0948 e. The Bertz CT molecular complexity index is 387. The molecule has 15 heavy (non-hydrogen) atoms. The Hall–Kier alpha value is -1.58. The van der Waals surface area contributed by atoms with Crippen molar-refractivity contribution in [3.8, 4) is 0 Å². The number of aromatic amines is 1. The van der Waals surface area contributed by atoms with E-state index in [1.165, 1.54) is 17.0 Å². The molecular weight excluding hydrogens is 188 g/mol. The first-order chi connectivity index (χ1) is 7.27. The zero-order chi connectivity index (χ0) is 10.7. The van der Waals surface area contributed by atoms with Crippen molar-refractivity contribution < 1.29 is 0 Å². The van der Waals surface area contributed by atoms with E-state index in [1.54, 1.807) is 0 Å². The van der Waals surface area contributed by atoms with Gasteiger partial charge in [0.15, 0.2) is 0 Å². The summed E-state index contributed by atoms with van der Waals surface area (Å²) in [5, 5.41) is 6.97. The number of aryl methyl sites for hydroxylation is 4. The minimum atomic E-state index is 1.02. The summed E-state index contributed by atoms with van der Waals surface area (Å²) in [6.45, 7) is 5.16. The third-order valence-electron chi connectivity index (χ3n) is 2.70. The largest absolute Gasteiger partial charge is 0.335 e. The van der Waals surface area contributed by atoms with Gasteiger partial charge in [-0.2, -0.15) is 5.10 Å². The lowest BCUT2D eigenvalue weighted by Crippen LogP contribution is -2.00. The van der Waals surface area contributed by atoms with E-state index in [-0.39, 0.29) is 0 Å². The molecule has 0 saturated heterocycles. The van der Waals surface area contributed by atoms with E-state index in [4.69, 9.17) is 0 Å². The number of nitrogens with zero attached hydrogens (tertiary/aromatic N) is 3. The minimum absolute atomic E-state index is 1.02. The van der Waals surface area contributed by atoms with Crippen LogP contribution in [-0.2, 0) is 13.0 Å². The SMILES string of the molecule is Cc1[nH]ncc1CCCn1cncc1C. The molecule has 0 saturated carbocycles. The molecule has 2 aromatic rings. The van der Waals surface area contributed by atoms with E-state index >= 15 is 0 Å². The first-order valence-electron chi connectivity index (χ1n) is 5.23. The van der Waals surface area contributed by atoms with Gasteiger partial charge >= 0.3 is 0 Å². The summed E-state index contributed by atoms with van der Waals surface area (Å²) >= 11 is 0. The molecular formula is C11H16N4. The summed E-state index contributed by atoms with van der Waals surface area (Å²) in [4.78, 5) is 4.10. The van der Waals surface area contributed by atoms with Gasteiger partial charge in [0.05, 0.1) is 12.5 Å². The minimum Gasteiger partial charge on any atom is -0.335 e. The van der Waals surface area contributed by atoms with Gasteiger partial charge in [-0.1, -0.05) is 0 Å². The van der Waals surface area contributed by atoms with Crippen LogP contribution in [0.5, 0.6) is 0 Å². The van der Waals surface area contributed by atoms with E-state index in [0.29, 0.717) is 0 Å². The molecule has 0 bridgehead atoms. The molecule has 0 aliphatic carbocycles. The van der Waals surface area contributed by atoms with Crippen molar-refractivity contribution in [2.75, 3.05) is 0 Å². The fourth-order valence-electron chi connectivity index (χ4n) is 1.69. The highest BCUT2D eigenvalue weighted by molar-refractivity contribution is 5.14. The van der Waals surface area contributed by atoms with Crippen molar-refractivity contribution in [2.45, 2.75) is 33.2 Å². The third kappa shape index (κ3) is 2.26. The van der Waals surface area contributed by atoms with Crippen molar-refractivity contribution in [1.82, 2.24) is 19.7 Å². The van der Waals surface area contributed by atoms with Crippen molar-refractivity contribution in [1.29, 1.82) is 0 Å². The number of hydrogen-bond acceptors (Lipinski definition) is 2. The van der Waals surface area contributed by atoms with Crippen LogP contribution in [0.1, 0.15) is 23.4 Å². The van der Waals surface area contributed by atoms with Gasteiger partial charge in [0.25, 0.3) is 0 Å². The van der Waals surface area contributed by atoms with Gasteiger partial charge < -0.3 is 4.57 Å². The molecule has 2 rings (SSSR count). The predicted molar refractivity (Wildman–Crippen MR) is 58.6 cm³/mol. The lowest BCUT2D eigenvalue weighted by molar-refractivity contribution is 0.628. The van der Waals surface area contributed by atoms with E-state index in [9.17, 15) is 0 Å². The molecule has 0 aliphatic rings. The van der Waals surface area contributed by atoms with Crippen molar-refractivity contribution in [3.05, 3.63) is 35.7 Å². The maximum atomic E-state index is 4.10. The van der Waals surface area contributed by atoms with E-state index < -0.39 is 0 Å². The van der Waals surface area contributed by atoms with Crippen molar-refractivity contribution in [2.24, 2.45) is 0 Å². The predicted octanol–water partition coefficient (Wildman–Crippen LogP) is 1.86. The van der Waals surface area contributed by atoms with Crippen LogP contribution < -0.4 is 0 Å². The molecule has 0 radical (unpaired) electrons. The highest BCUT2D eigenvalue weighted by Crippen LogP contribution is 2.07. The highest BCUT2D eigenvalue weighted by Gasteiger charge is 2.01. The van der Waals surface area contributed by atoms with Crippen LogP contribution in [-0.4, -0.2) is 19.7 Å². The number of aromatic nitrogens is 4. The molecule has 0 fully saturated rings.